The summed E-state index contributed by atoms with van der Waals surface area (Å²) in [7, 11) is 0. The number of nitrogens with zero attached hydrogens (tertiary/aromatic N) is 8. The zero-order valence-electron chi connectivity index (χ0n) is 17.5. The van der Waals surface area contributed by atoms with Gasteiger partial charge >= 0.3 is 0 Å². The lowest BCUT2D eigenvalue weighted by atomic mass is 10.0. The standard InChI is InChI=1S/C22H23N9/c1-22(2,23)7-9-30-14-17(11-26-30)19-12-25-20-21(27-19)31(29-28-20)13-15-5-6-18-16(10-15)4-3-8-24-18/h3-6,8,10-12,14H,7,9,13,23H2,1-2H3. The van der Waals surface area contributed by atoms with Crippen LogP contribution in [0.5, 0.6) is 0 Å². The molecule has 0 aliphatic heterocycles. The zero-order chi connectivity index (χ0) is 21.4. The van der Waals surface area contributed by atoms with Gasteiger partial charge in [0.05, 0.1) is 30.1 Å². The second kappa shape index (κ2) is 7.51. The molecule has 0 saturated carbocycles. The minimum Gasteiger partial charge on any atom is -0.325 e. The van der Waals surface area contributed by atoms with Crippen molar-refractivity contribution in [3.8, 4) is 11.3 Å². The topological polar surface area (TPSA) is 113 Å². The summed E-state index contributed by atoms with van der Waals surface area (Å²) >= 11 is 0. The largest absolute Gasteiger partial charge is 0.325 e. The highest BCUT2D eigenvalue weighted by atomic mass is 15.4. The summed E-state index contributed by atoms with van der Waals surface area (Å²) in [5, 5.41) is 13.9. The smallest absolute Gasteiger partial charge is 0.221 e. The Labute approximate surface area is 178 Å². The van der Waals surface area contributed by atoms with Gasteiger partial charge in [0.2, 0.25) is 5.65 Å². The molecule has 5 aromatic rings. The lowest BCUT2D eigenvalue weighted by Crippen LogP contribution is -2.33. The Balaban J connectivity index is 1.42. The molecule has 0 bridgehead atoms. The van der Waals surface area contributed by atoms with Crippen molar-refractivity contribution in [3.05, 3.63) is 60.7 Å². The van der Waals surface area contributed by atoms with Gasteiger partial charge in [-0.15, -0.1) is 5.10 Å². The lowest BCUT2D eigenvalue weighted by Gasteiger charge is -2.17. The molecule has 31 heavy (non-hydrogen) atoms. The van der Waals surface area contributed by atoms with Crippen LogP contribution in [0.15, 0.2) is 55.1 Å². The fourth-order valence-corrected chi connectivity index (χ4v) is 3.42. The normalized spacial score (nSPS) is 12.1. The van der Waals surface area contributed by atoms with Gasteiger partial charge in [0, 0.05) is 35.4 Å². The van der Waals surface area contributed by atoms with Crippen molar-refractivity contribution in [1.82, 2.24) is 39.7 Å². The Morgan fingerprint density at radius 2 is 2.00 bits per heavy atom. The Morgan fingerprint density at radius 1 is 1.10 bits per heavy atom. The molecule has 2 N–H and O–H groups in total. The van der Waals surface area contributed by atoms with Crippen molar-refractivity contribution < 1.29 is 0 Å². The van der Waals surface area contributed by atoms with E-state index >= 15 is 0 Å². The van der Waals surface area contributed by atoms with Crippen molar-refractivity contribution in [3.63, 3.8) is 0 Å². The molecule has 0 amide bonds. The number of aryl methyl sites for hydroxylation is 1. The number of hydrogen-bond donors (Lipinski definition) is 1. The monoisotopic (exact) mass is 413 g/mol. The highest BCUT2D eigenvalue weighted by molar-refractivity contribution is 5.79. The highest BCUT2D eigenvalue weighted by Crippen LogP contribution is 2.20. The van der Waals surface area contributed by atoms with Crippen LogP contribution in [0.1, 0.15) is 25.8 Å². The average molecular weight is 413 g/mol. The van der Waals surface area contributed by atoms with E-state index < -0.39 is 0 Å². The molecule has 1 aromatic carbocycles. The SMILES string of the molecule is CC(C)(N)CCn1cc(-c2cnc3nnn(Cc4ccc5ncccc5c4)c3n2)cn1. The van der Waals surface area contributed by atoms with Crippen molar-refractivity contribution in [1.29, 1.82) is 0 Å². The van der Waals surface area contributed by atoms with Crippen LogP contribution in [0.4, 0.5) is 0 Å². The first kappa shape index (κ1) is 19.3. The number of pyridine rings is 1. The van der Waals surface area contributed by atoms with E-state index in [1.807, 2.05) is 49.0 Å². The molecule has 0 radical (unpaired) electrons. The van der Waals surface area contributed by atoms with E-state index in [2.05, 4.69) is 31.4 Å². The van der Waals surface area contributed by atoms with Gasteiger partial charge in [-0.05, 0) is 44.0 Å². The van der Waals surface area contributed by atoms with Crippen LogP contribution in [-0.4, -0.2) is 45.3 Å². The predicted octanol–water partition coefficient (Wildman–Crippen LogP) is 2.81. The Bertz CT molecular complexity index is 1360. The third-order valence-electron chi connectivity index (χ3n) is 5.14. The number of nitrogens with two attached hydrogens (primary N) is 1. The van der Waals surface area contributed by atoms with Crippen molar-refractivity contribution in [2.75, 3.05) is 0 Å². The molecule has 0 saturated heterocycles. The van der Waals surface area contributed by atoms with Gasteiger partial charge in [0.25, 0.3) is 0 Å². The average Bonchev–Trinajstić information content (AvgIpc) is 3.39. The number of fused-ring (bicyclic) bond motifs is 2. The summed E-state index contributed by atoms with van der Waals surface area (Å²) in [5.41, 5.74) is 10.7. The maximum Gasteiger partial charge on any atom is 0.221 e. The molecular weight excluding hydrogens is 390 g/mol. The molecule has 4 heterocycles. The molecule has 9 nitrogen and oxygen atoms in total. The van der Waals surface area contributed by atoms with E-state index in [-0.39, 0.29) is 5.54 Å². The predicted molar refractivity (Wildman–Crippen MR) is 118 cm³/mol. The first-order valence-corrected chi connectivity index (χ1v) is 10.2. The van der Waals surface area contributed by atoms with Crippen molar-refractivity contribution >= 4 is 22.2 Å². The molecule has 0 atom stereocenters. The summed E-state index contributed by atoms with van der Waals surface area (Å²) in [6.07, 6.45) is 8.09. The molecule has 0 aliphatic carbocycles. The third kappa shape index (κ3) is 4.13. The van der Waals surface area contributed by atoms with Gasteiger partial charge in [-0.2, -0.15) is 5.10 Å². The molecule has 0 aliphatic rings. The van der Waals surface area contributed by atoms with Crippen molar-refractivity contribution in [2.24, 2.45) is 5.73 Å². The molecule has 9 heteroatoms. The van der Waals surface area contributed by atoms with Crippen LogP contribution in [0.3, 0.4) is 0 Å². The third-order valence-corrected chi connectivity index (χ3v) is 5.14. The van der Waals surface area contributed by atoms with Crippen LogP contribution >= 0.6 is 0 Å². The maximum atomic E-state index is 6.08. The molecule has 0 spiro atoms. The van der Waals surface area contributed by atoms with E-state index in [0.29, 0.717) is 17.8 Å². The van der Waals surface area contributed by atoms with Crippen LogP contribution in [0.25, 0.3) is 33.5 Å². The van der Waals surface area contributed by atoms with E-state index in [1.165, 1.54) is 0 Å². The summed E-state index contributed by atoms with van der Waals surface area (Å²) in [6.45, 7) is 5.31. The van der Waals surface area contributed by atoms with E-state index in [4.69, 9.17) is 10.7 Å². The van der Waals surface area contributed by atoms with Crippen molar-refractivity contribution in [2.45, 2.75) is 38.9 Å². The van der Waals surface area contributed by atoms with Crippen LogP contribution in [0, 0.1) is 0 Å². The Morgan fingerprint density at radius 3 is 2.87 bits per heavy atom. The van der Waals surface area contributed by atoms with Gasteiger partial charge in [0.1, 0.15) is 0 Å². The molecule has 5 rings (SSSR count). The number of aromatic nitrogens is 8. The Kier molecular flexibility index (Phi) is 4.67. The Hall–Kier alpha value is -3.72. The molecule has 0 fully saturated rings. The second-order valence-corrected chi connectivity index (χ2v) is 8.41. The second-order valence-electron chi connectivity index (χ2n) is 8.41. The summed E-state index contributed by atoms with van der Waals surface area (Å²) in [5.74, 6) is 0. The molecule has 156 valence electrons. The first-order valence-electron chi connectivity index (χ1n) is 10.2. The maximum absolute atomic E-state index is 6.08. The fourth-order valence-electron chi connectivity index (χ4n) is 3.42. The summed E-state index contributed by atoms with van der Waals surface area (Å²) in [6, 6.07) is 10.1. The minimum absolute atomic E-state index is 0.234. The summed E-state index contributed by atoms with van der Waals surface area (Å²) < 4.78 is 3.65. The van der Waals surface area contributed by atoms with E-state index in [1.54, 1.807) is 23.3 Å². The highest BCUT2D eigenvalue weighted by Gasteiger charge is 2.14. The van der Waals surface area contributed by atoms with Gasteiger partial charge in [-0.25, -0.2) is 14.6 Å². The summed E-state index contributed by atoms with van der Waals surface area (Å²) in [4.78, 5) is 13.6. The van der Waals surface area contributed by atoms with E-state index in [9.17, 15) is 0 Å². The van der Waals surface area contributed by atoms with E-state index in [0.717, 1.165) is 40.7 Å². The molecule has 4 aromatic heterocycles. The zero-order valence-corrected chi connectivity index (χ0v) is 17.5. The van der Waals surface area contributed by atoms with Gasteiger partial charge in [-0.3, -0.25) is 9.67 Å². The lowest BCUT2D eigenvalue weighted by molar-refractivity contribution is 0.420. The number of rotatable bonds is 6. The number of hydrogen-bond acceptors (Lipinski definition) is 7. The fraction of sp³-hybridized carbons (Fsp3) is 0.273. The van der Waals surface area contributed by atoms with Crippen LogP contribution in [-0.2, 0) is 13.1 Å². The first-order chi connectivity index (χ1) is 14.9. The van der Waals surface area contributed by atoms with Crippen LogP contribution in [0.2, 0.25) is 0 Å². The van der Waals surface area contributed by atoms with Gasteiger partial charge in [-0.1, -0.05) is 17.3 Å². The quantitative estimate of drug-likeness (QED) is 0.455. The van der Waals surface area contributed by atoms with Crippen LogP contribution < -0.4 is 5.73 Å². The molecule has 0 unspecified atom stereocenters. The van der Waals surface area contributed by atoms with Gasteiger partial charge in [0.15, 0.2) is 5.65 Å². The molecular formula is C22H23N9. The minimum atomic E-state index is -0.234. The van der Waals surface area contributed by atoms with Gasteiger partial charge < -0.3 is 5.73 Å². The number of benzene rings is 1.